The van der Waals surface area contributed by atoms with Gasteiger partial charge in [0.25, 0.3) is 0 Å². The van der Waals surface area contributed by atoms with Crippen LogP contribution in [0.5, 0.6) is 0 Å². The number of carbonyl (C=O) groups excluding carboxylic acids is 2. The van der Waals surface area contributed by atoms with Crippen LogP contribution in [0.15, 0.2) is 71.7 Å². The molecule has 0 heterocycles. The van der Waals surface area contributed by atoms with Gasteiger partial charge in [-0.25, -0.2) is 9.59 Å². The van der Waals surface area contributed by atoms with E-state index in [0.29, 0.717) is 11.1 Å². The summed E-state index contributed by atoms with van der Waals surface area (Å²) in [6.07, 6.45) is 1.60. The van der Waals surface area contributed by atoms with E-state index >= 15 is 0 Å². The molecule has 32 heavy (non-hydrogen) atoms. The fraction of sp³-hybridized carbons (Fsp3) is 0.222. The summed E-state index contributed by atoms with van der Waals surface area (Å²) in [5, 5.41) is 0. The number of nitrogens with zero attached hydrogens (tertiary/aromatic N) is 1. The van der Waals surface area contributed by atoms with Crippen LogP contribution >= 0.6 is 0 Å². The number of ether oxygens (including phenoxy) is 2. The molecule has 164 valence electrons. The van der Waals surface area contributed by atoms with Crippen LogP contribution in [0.4, 0.5) is 0 Å². The first kappa shape index (κ1) is 22.9. The van der Waals surface area contributed by atoms with Gasteiger partial charge in [0.15, 0.2) is 0 Å². The van der Waals surface area contributed by atoms with Crippen LogP contribution in [-0.2, 0) is 15.9 Å². The molecule has 0 amide bonds. The molecule has 0 aliphatic rings. The Kier molecular flexibility index (Phi) is 7.55. The Morgan fingerprint density at radius 3 is 1.69 bits per heavy atom. The number of carbonyl (C=O) groups is 2. The van der Waals surface area contributed by atoms with E-state index < -0.39 is 11.9 Å². The molecule has 0 unspecified atom stereocenters. The molecular formula is C27H27NO4. The van der Waals surface area contributed by atoms with Crippen molar-refractivity contribution in [2.45, 2.75) is 19.8 Å². The maximum absolute atomic E-state index is 12.4. The lowest BCUT2D eigenvalue weighted by Gasteiger charge is -2.15. The molecule has 0 spiro atoms. The topological polar surface area (TPSA) is 65.0 Å². The van der Waals surface area contributed by atoms with Crippen molar-refractivity contribution in [1.82, 2.24) is 0 Å². The number of methoxy groups -OCH3 is 2. The zero-order valence-electron chi connectivity index (χ0n) is 18.8. The van der Waals surface area contributed by atoms with Gasteiger partial charge in [-0.1, -0.05) is 48.5 Å². The van der Waals surface area contributed by atoms with Gasteiger partial charge in [0.2, 0.25) is 0 Å². The Labute approximate surface area is 188 Å². The van der Waals surface area contributed by atoms with Gasteiger partial charge in [0.05, 0.1) is 25.3 Å². The summed E-state index contributed by atoms with van der Waals surface area (Å²) in [6, 6.07) is 20.9. The van der Waals surface area contributed by atoms with Crippen LogP contribution in [0.25, 0.3) is 22.3 Å². The predicted molar refractivity (Wildman–Crippen MR) is 127 cm³/mol. The highest BCUT2D eigenvalue weighted by atomic mass is 16.5. The molecule has 0 radical (unpaired) electrons. The Morgan fingerprint density at radius 2 is 1.25 bits per heavy atom. The van der Waals surface area contributed by atoms with Gasteiger partial charge in [0, 0.05) is 12.8 Å². The Hall–Kier alpha value is -3.73. The fourth-order valence-corrected chi connectivity index (χ4v) is 3.63. The van der Waals surface area contributed by atoms with Gasteiger partial charge in [-0.05, 0) is 65.8 Å². The first-order chi connectivity index (χ1) is 15.5. The van der Waals surface area contributed by atoms with E-state index in [-0.39, 0.29) is 0 Å². The molecule has 0 aliphatic heterocycles. The summed E-state index contributed by atoms with van der Waals surface area (Å²) in [4.78, 5) is 29.0. The molecule has 0 aromatic heterocycles. The predicted octanol–water partition coefficient (Wildman–Crippen LogP) is 5.62. The molecule has 0 saturated carbocycles. The van der Waals surface area contributed by atoms with Crippen molar-refractivity contribution < 1.29 is 19.1 Å². The molecule has 5 nitrogen and oxygen atoms in total. The van der Waals surface area contributed by atoms with E-state index in [2.05, 4.69) is 17.1 Å². The summed E-state index contributed by atoms with van der Waals surface area (Å²) in [7, 11) is 4.54. The number of aliphatic imine (C=N–C) groups is 1. The SMILES string of the molecule is CN=C(C)CCc1cc(-c2ccccc2C(=O)OC)cc(-c2ccccc2C(=O)OC)c1. The molecule has 0 aliphatic carbocycles. The Bertz CT molecular complexity index is 1090. The van der Waals surface area contributed by atoms with Crippen LogP contribution in [0, 0.1) is 0 Å². The normalized spacial score (nSPS) is 11.2. The molecule has 3 aromatic rings. The number of aryl methyl sites for hydroxylation is 1. The highest BCUT2D eigenvalue weighted by Crippen LogP contribution is 2.33. The van der Waals surface area contributed by atoms with E-state index in [1.54, 1.807) is 19.2 Å². The summed E-state index contributed by atoms with van der Waals surface area (Å²) >= 11 is 0. The van der Waals surface area contributed by atoms with E-state index in [1.165, 1.54) is 14.2 Å². The van der Waals surface area contributed by atoms with E-state index in [0.717, 1.165) is 46.4 Å². The van der Waals surface area contributed by atoms with Crippen LogP contribution in [0.2, 0.25) is 0 Å². The summed E-state index contributed by atoms with van der Waals surface area (Å²) < 4.78 is 9.97. The van der Waals surface area contributed by atoms with Crippen LogP contribution in [-0.4, -0.2) is 38.9 Å². The summed E-state index contributed by atoms with van der Waals surface area (Å²) in [6.45, 7) is 2.00. The number of esters is 2. The fourth-order valence-electron chi connectivity index (χ4n) is 3.63. The van der Waals surface area contributed by atoms with Crippen molar-refractivity contribution in [1.29, 1.82) is 0 Å². The zero-order chi connectivity index (χ0) is 23.1. The second-order valence-electron chi connectivity index (χ2n) is 7.45. The second kappa shape index (κ2) is 10.5. The van der Waals surface area contributed by atoms with Gasteiger partial charge in [-0.15, -0.1) is 0 Å². The van der Waals surface area contributed by atoms with Gasteiger partial charge in [0.1, 0.15) is 0 Å². The minimum atomic E-state index is -0.392. The highest BCUT2D eigenvalue weighted by Gasteiger charge is 2.17. The average Bonchev–Trinajstić information content (AvgIpc) is 2.86. The molecular weight excluding hydrogens is 402 g/mol. The number of rotatable bonds is 7. The second-order valence-corrected chi connectivity index (χ2v) is 7.45. The van der Waals surface area contributed by atoms with Crippen molar-refractivity contribution >= 4 is 17.7 Å². The maximum atomic E-state index is 12.4. The Morgan fingerprint density at radius 1 is 0.781 bits per heavy atom. The van der Waals surface area contributed by atoms with Gasteiger partial charge >= 0.3 is 11.9 Å². The van der Waals surface area contributed by atoms with Crippen molar-refractivity contribution in [2.24, 2.45) is 4.99 Å². The number of benzene rings is 3. The first-order valence-electron chi connectivity index (χ1n) is 10.4. The summed E-state index contributed by atoms with van der Waals surface area (Å²) in [5.41, 5.74) is 6.43. The number of hydrogen-bond acceptors (Lipinski definition) is 5. The zero-order valence-corrected chi connectivity index (χ0v) is 18.8. The van der Waals surface area contributed by atoms with E-state index in [9.17, 15) is 9.59 Å². The van der Waals surface area contributed by atoms with Gasteiger partial charge < -0.3 is 9.47 Å². The standard InChI is InChI=1S/C27H27NO4/c1-18(28-2)13-14-19-15-20(22-9-5-7-11-24(22)26(29)31-3)17-21(16-19)23-10-6-8-12-25(23)27(30)32-4/h5-12,15-17H,13-14H2,1-4H3. The van der Waals surface area contributed by atoms with Crippen LogP contribution in [0.1, 0.15) is 39.6 Å². The lowest BCUT2D eigenvalue weighted by Crippen LogP contribution is -2.05. The molecule has 3 rings (SSSR count). The minimum Gasteiger partial charge on any atom is -0.465 e. The quantitative estimate of drug-likeness (QED) is 0.361. The number of hydrogen-bond donors (Lipinski definition) is 0. The van der Waals surface area contributed by atoms with Crippen molar-refractivity contribution in [3.8, 4) is 22.3 Å². The van der Waals surface area contributed by atoms with Crippen molar-refractivity contribution in [2.75, 3.05) is 21.3 Å². The van der Waals surface area contributed by atoms with Gasteiger partial charge in [-0.3, -0.25) is 4.99 Å². The lowest BCUT2D eigenvalue weighted by molar-refractivity contribution is 0.0592. The molecule has 0 bridgehead atoms. The monoisotopic (exact) mass is 429 g/mol. The molecule has 5 heteroatoms. The largest absolute Gasteiger partial charge is 0.465 e. The van der Waals surface area contributed by atoms with Gasteiger partial charge in [-0.2, -0.15) is 0 Å². The smallest absolute Gasteiger partial charge is 0.338 e. The van der Waals surface area contributed by atoms with Crippen LogP contribution in [0.3, 0.4) is 0 Å². The summed E-state index contributed by atoms with van der Waals surface area (Å²) in [5.74, 6) is -0.784. The van der Waals surface area contributed by atoms with Crippen LogP contribution < -0.4 is 0 Å². The molecule has 0 atom stereocenters. The molecule has 0 saturated heterocycles. The highest BCUT2D eigenvalue weighted by molar-refractivity contribution is 5.99. The first-order valence-corrected chi connectivity index (χ1v) is 10.4. The Balaban J connectivity index is 2.21. The third kappa shape index (κ3) is 5.11. The molecule has 0 N–H and O–H groups in total. The van der Waals surface area contributed by atoms with E-state index in [1.807, 2.05) is 49.4 Å². The van der Waals surface area contributed by atoms with Crippen molar-refractivity contribution in [3.05, 3.63) is 83.4 Å². The lowest BCUT2D eigenvalue weighted by atomic mass is 9.90. The molecule has 0 fully saturated rings. The maximum Gasteiger partial charge on any atom is 0.338 e. The molecule has 3 aromatic carbocycles. The van der Waals surface area contributed by atoms with E-state index in [4.69, 9.17) is 9.47 Å². The third-order valence-electron chi connectivity index (χ3n) is 5.44. The minimum absolute atomic E-state index is 0.392. The third-order valence-corrected chi connectivity index (χ3v) is 5.44. The van der Waals surface area contributed by atoms with Crippen molar-refractivity contribution in [3.63, 3.8) is 0 Å². The average molecular weight is 430 g/mol.